The first-order valence-corrected chi connectivity index (χ1v) is 8.92. The Morgan fingerprint density at radius 1 is 1.04 bits per heavy atom. The van der Waals surface area contributed by atoms with Crippen molar-refractivity contribution in [1.82, 2.24) is 15.3 Å². The summed E-state index contributed by atoms with van der Waals surface area (Å²) in [6, 6.07) is 15.3. The molecule has 5 heteroatoms. The average Bonchev–Trinajstić information content (AvgIpc) is 3.06. The second kappa shape index (κ2) is 8.43. The molecule has 0 aliphatic rings. The van der Waals surface area contributed by atoms with Crippen LogP contribution in [0.3, 0.4) is 0 Å². The topological polar surface area (TPSA) is 74.8 Å². The van der Waals surface area contributed by atoms with E-state index in [-0.39, 0.29) is 24.5 Å². The van der Waals surface area contributed by atoms with Gasteiger partial charge in [-0.1, -0.05) is 42.0 Å². The van der Waals surface area contributed by atoms with Crippen molar-refractivity contribution in [3.63, 3.8) is 0 Å². The normalized spacial score (nSPS) is 10.8. The Bertz CT molecular complexity index is 864. The summed E-state index contributed by atoms with van der Waals surface area (Å²) in [5, 5.41) is 2.87. The lowest BCUT2D eigenvalue weighted by Crippen LogP contribution is -2.25. The minimum Gasteiger partial charge on any atom is -0.356 e. The molecule has 0 saturated heterocycles. The first-order valence-electron chi connectivity index (χ1n) is 8.92. The highest BCUT2D eigenvalue weighted by molar-refractivity contribution is 5.97. The zero-order valence-corrected chi connectivity index (χ0v) is 14.9. The van der Waals surface area contributed by atoms with Crippen LogP contribution in [0.1, 0.15) is 41.0 Å². The van der Waals surface area contributed by atoms with Crippen molar-refractivity contribution in [2.24, 2.45) is 0 Å². The second-order valence-electron chi connectivity index (χ2n) is 6.44. The Labute approximate surface area is 152 Å². The summed E-state index contributed by atoms with van der Waals surface area (Å²) in [5.41, 5.74) is 3.76. The molecular formula is C21H23N3O2. The summed E-state index contributed by atoms with van der Waals surface area (Å²) in [6.07, 6.45) is 2.03. The summed E-state index contributed by atoms with van der Waals surface area (Å²) in [4.78, 5) is 31.8. The van der Waals surface area contributed by atoms with Crippen LogP contribution in [0.4, 0.5) is 0 Å². The van der Waals surface area contributed by atoms with Gasteiger partial charge in [-0.3, -0.25) is 9.59 Å². The third kappa shape index (κ3) is 4.79. The number of Topliss-reactive ketones (excluding diaryl/α,β-unsaturated/α-hetero) is 1. The molecule has 0 aliphatic heterocycles. The van der Waals surface area contributed by atoms with Gasteiger partial charge in [0, 0.05) is 31.4 Å². The van der Waals surface area contributed by atoms with E-state index in [9.17, 15) is 9.59 Å². The zero-order chi connectivity index (χ0) is 18.4. The lowest BCUT2D eigenvalue weighted by molar-refractivity contribution is -0.121. The third-order valence-corrected chi connectivity index (χ3v) is 4.30. The van der Waals surface area contributed by atoms with Crippen molar-refractivity contribution >= 4 is 22.7 Å². The number of rotatable bonds is 8. The van der Waals surface area contributed by atoms with Crippen LogP contribution in [0.15, 0.2) is 48.5 Å². The Morgan fingerprint density at radius 3 is 2.58 bits per heavy atom. The van der Waals surface area contributed by atoms with Crippen molar-refractivity contribution in [1.29, 1.82) is 0 Å². The van der Waals surface area contributed by atoms with Gasteiger partial charge < -0.3 is 10.3 Å². The molecule has 0 aliphatic carbocycles. The smallest absolute Gasteiger partial charge is 0.220 e. The Morgan fingerprint density at radius 2 is 1.81 bits per heavy atom. The summed E-state index contributed by atoms with van der Waals surface area (Å²) in [5.74, 6) is 0.840. The molecule has 0 radical (unpaired) electrons. The minimum atomic E-state index is -0.0879. The van der Waals surface area contributed by atoms with Gasteiger partial charge in [0.2, 0.25) is 5.91 Å². The molecule has 3 aromatic rings. The fourth-order valence-electron chi connectivity index (χ4n) is 2.81. The van der Waals surface area contributed by atoms with E-state index in [0.29, 0.717) is 12.1 Å². The minimum absolute atomic E-state index is 0.00225. The maximum atomic E-state index is 12.1. The van der Waals surface area contributed by atoms with Gasteiger partial charge >= 0.3 is 0 Å². The number of carbonyl (C=O) groups is 2. The van der Waals surface area contributed by atoms with E-state index in [1.54, 1.807) is 0 Å². The van der Waals surface area contributed by atoms with E-state index in [1.165, 1.54) is 0 Å². The largest absolute Gasteiger partial charge is 0.356 e. The van der Waals surface area contributed by atoms with Gasteiger partial charge in [-0.15, -0.1) is 0 Å². The average molecular weight is 349 g/mol. The number of aryl methyl sites for hydroxylation is 2. The van der Waals surface area contributed by atoms with Gasteiger partial charge in [-0.05, 0) is 25.5 Å². The molecule has 1 amide bonds. The highest BCUT2D eigenvalue weighted by Crippen LogP contribution is 2.11. The molecule has 1 heterocycles. The second-order valence-corrected chi connectivity index (χ2v) is 6.44. The number of aromatic amines is 1. The molecule has 0 atom stereocenters. The van der Waals surface area contributed by atoms with Gasteiger partial charge in [0.15, 0.2) is 5.78 Å². The predicted molar refractivity (Wildman–Crippen MR) is 102 cm³/mol. The van der Waals surface area contributed by atoms with E-state index in [4.69, 9.17) is 0 Å². The number of aromatic nitrogens is 2. The number of nitrogens with zero attached hydrogens (tertiary/aromatic N) is 1. The van der Waals surface area contributed by atoms with Crippen molar-refractivity contribution in [2.75, 3.05) is 6.54 Å². The molecule has 0 spiro atoms. The maximum Gasteiger partial charge on any atom is 0.220 e. The summed E-state index contributed by atoms with van der Waals surface area (Å²) < 4.78 is 0. The van der Waals surface area contributed by atoms with Gasteiger partial charge in [-0.2, -0.15) is 0 Å². The summed E-state index contributed by atoms with van der Waals surface area (Å²) in [6.45, 7) is 2.56. The fourth-order valence-corrected chi connectivity index (χ4v) is 2.81. The molecule has 5 nitrogen and oxygen atoms in total. The van der Waals surface area contributed by atoms with Crippen LogP contribution < -0.4 is 5.32 Å². The Hall–Kier alpha value is -2.95. The fraction of sp³-hybridized carbons (Fsp3) is 0.286. The van der Waals surface area contributed by atoms with Gasteiger partial charge in [0.1, 0.15) is 5.82 Å². The monoisotopic (exact) mass is 349 g/mol. The molecule has 0 bridgehead atoms. The number of nitrogens with one attached hydrogen (secondary N) is 2. The Balaban J connectivity index is 1.36. The quantitative estimate of drug-likeness (QED) is 0.482. The highest BCUT2D eigenvalue weighted by Gasteiger charge is 2.09. The number of hydrogen-bond donors (Lipinski definition) is 2. The van der Waals surface area contributed by atoms with Gasteiger partial charge in [0.25, 0.3) is 0 Å². The zero-order valence-electron chi connectivity index (χ0n) is 14.9. The maximum absolute atomic E-state index is 12.1. The van der Waals surface area contributed by atoms with Crippen LogP contribution >= 0.6 is 0 Å². The molecule has 2 aromatic carbocycles. The summed E-state index contributed by atoms with van der Waals surface area (Å²) in [7, 11) is 0. The summed E-state index contributed by atoms with van der Waals surface area (Å²) >= 11 is 0. The molecule has 0 fully saturated rings. The number of imidazole rings is 1. The molecule has 2 N–H and O–H groups in total. The van der Waals surface area contributed by atoms with Crippen LogP contribution in [0.2, 0.25) is 0 Å². The number of para-hydroxylation sites is 2. The highest BCUT2D eigenvalue weighted by atomic mass is 16.2. The first-order chi connectivity index (χ1) is 12.6. The van der Waals surface area contributed by atoms with Crippen LogP contribution in [0.25, 0.3) is 11.0 Å². The number of amides is 1. The van der Waals surface area contributed by atoms with Crippen molar-refractivity contribution in [2.45, 2.75) is 32.6 Å². The number of benzene rings is 2. The molecule has 26 heavy (non-hydrogen) atoms. The first kappa shape index (κ1) is 17.9. The van der Waals surface area contributed by atoms with Crippen LogP contribution in [0.5, 0.6) is 0 Å². The molecule has 0 saturated carbocycles. The van der Waals surface area contributed by atoms with Crippen molar-refractivity contribution in [3.05, 3.63) is 65.5 Å². The van der Waals surface area contributed by atoms with E-state index >= 15 is 0 Å². The molecule has 1 aromatic heterocycles. The number of hydrogen-bond acceptors (Lipinski definition) is 3. The molecule has 3 rings (SSSR count). The van der Waals surface area contributed by atoms with Crippen LogP contribution in [-0.2, 0) is 11.2 Å². The predicted octanol–water partition coefficient (Wildman–Crippen LogP) is 3.58. The van der Waals surface area contributed by atoms with Gasteiger partial charge in [0.05, 0.1) is 11.0 Å². The number of fused-ring (bicyclic) bond motifs is 1. The van der Waals surface area contributed by atoms with Crippen molar-refractivity contribution < 1.29 is 9.59 Å². The Kier molecular flexibility index (Phi) is 5.79. The van der Waals surface area contributed by atoms with E-state index in [1.807, 2.05) is 55.5 Å². The standard InChI is InChI=1S/C21H23N3O2/c1-15-8-10-16(11-9-15)19(25)12-13-21(26)22-14-4-7-20-23-17-5-2-3-6-18(17)24-20/h2-3,5-6,8-11H,4,7,12-14H2,1H3,(H,22,26)(H,23,24). The molecule has 134 valence electrons. The third-order valence-electron chi connectivity index (χ3n) is 4.30. The lowest BCUT2D eigenvalue weighted by Gasteiger charge is -2.05. The van der Waals surface area contributed by atoms with Gasteiger partial charge in [-0.25, -0.2) is 4.98 Å². The van der Waals surface area contributed by atoms with Crippen LogP contribution in [-0.4, -0.2) is 28.2 Å². The number of carbonyl (C=O) groups excluding carboxylic acids is 2. The van der Waals surface area contributed by atoms with E-state index in [2.05, 4.69) is 15.3 Å². The lowest BCUT2D eigenvalue weighted by atomic mass is 10.1. The number of ketones is 1. The molecule has 0 unspecified atom stereocenters. The van der Waals surface area contributed by atoms with E-state index in [0.717, 1.165) is 35.3 Å². The molecular weight excluding hydrogens is 326 g/mol. The van der Waals surface area contributed by atoms with E-state index < -0.39 is 0 Å². The SMILES string of the molecule is Cc1ccc(C(=O)CCC(=O)NCCCc2nc3ccccc3[nH]2)cc1. The van der Waals surface area contributed by atoms with Crippen LogP contribution in [0, 0.1) is 6.92 Å². The number of H-pyrrole nitrogens is 1. The van der Waals surface area contributed by atoms with Crippen molar-refractivity contribution in [3.8, 4) is 0 Å².